The molecule has 1 N–H and O–H groups in total. The molecule has 1 atom stereocenters. The fourth-order valence-electron chi connectivity index (χ4n) is 5.16. The normalized spacial score (nSPS) is 14.5. The summed E-state index contributed by atoms with van der Waals surface area (Å²) >= 11 is 6.02. The first-order valence-electron chi connectivity index (χ1n) is 13.7. The maximum absolute atomic E-state index is 14.1. The molecule has 0 aliphatic heterocycles. The summed E-state index contributed by atoms with van der Waals surface area (Å²) < 4.78 is 29.0. The molecule has 2 amide bonds. The molecule has 3 aromatic rings. The van der Waals surface area contributed by atoms with E-state index < -0.39 is 28.5 Å². The maximum Gasteiger partial charge on any atom is 0.264 e. The molecule has 1 aliphatic rings. The van der Waals surface area contributed by atoms with Crippen molar-refractivity contribution in [1.82, 2.24) is 10.2 Å². The van der Waals surface area contributed by atoms with Crippen LogP contribution in [0.3, 0.4) is 0 Å². The second kappa shape index (κ2) is 13.3. The van der Waals surface area contributed by atoms with E-state index in [1.165, 1.54) is 29.2 Å². The van der Waals surface area contributed by atoms with E-state index in [9.17, 15) is 18.0 Å². The number of carbonyl (C=O) groups is 2. The van der Waals surface area contributed by atoms with Gasteiger partial charge in [0.2, 0.25) is 11.8 Å². The van der Waals surface area contributed by atoms with Gasteiger partial charge in [-0.15, -0.1) is 0 Å². The lowest BCUT2D eigenvalue weighted by atomic mass is 10.1. The number of hydrogen-bond donors (Lipinski definition) is 1. The molecular formula is C31H36ClN3O4S. The summed E-state index contributed by atoms with van der Waals surface area (Å²) in [5.41, 5.74) is 1.95. The Kier molecular flexibility index (Phi) is 9.87. The Labute approximate surface area is 242 Å². The summed E-state index contributed by atoms with van der Waals surface area (Å²) in [6.45, 7) is 3.39. The second-order valence-electron chi connectivity index (χ2n) is 10.2. The van der Waals surface area contributed by atoms with Crippen LogP contribution in [0.5, 0.6) is 0 Å². The first-order valence-corrected chi connectivity index (χ1v) is 15.5. The summed E-state index contributed by atoms with van der Waals surface area (Å²) in [7, 11) is -4.14. The highest BCUT2D eigenvalue weighted by Gasteiger charge is 2.35. The monoisotopic (exact) mass is 581 g/mol. The number of carbonyl (C=O) groups excluding carboxylic acids is 2. The molecule has 0 aromatic heterocycles. The highest BCUT2D eigenvalue weighted by atomic mass is 35.5. The van der Waals surface area contributed by atoms with E-state index in [-0.39, 0.29) is 23.4 Å². The molecule has 1 aliphatic carbocycles. The van der Waals surface area contributed by atoms with Gasteiger partial charge in [-0.25, -0.2) is 8.42 Å². The molecule has 0 saturated heterocycles. The van der Waals surface area contributed by atoms with Gasteiger partial charge >= 0.3 is 0 Å². The molecule has 0 heterocycles. The number of nitrogens with zero attached hydrogens (tertiary/aromatic N) is 2. The number of hydrogen-bond acceptors (Lipinski definition) is 4. The predicted molar refractivity (Wildman–Crippen MR) is 159 cm³/mol. The summed E-state index contributed by atoms with van der Waals surface area (Å²) in [6.07, 6.45) is 4.39. The number of anilines is 1. The van der Waals surface area contributed by atoms with E-state index in [1.54, 1.807) is 25.1 Å². The molecule has 1 saturated carbocycles. The lowest BCUT2D eigenvalue weighted by Gasteiger charge is -2.34. The van der Waals surface area contributed by atoms with E-state index >= 15 is 0 Å². The molecule has 4 rings (SSSR count). The number of aryl methyl sites for hydroxylation is 1. The minimum absolute atomic E-state index is 0.0218. The van der Waals surface area contributed by atoms with Crippen molar-refractivity contribution in [3.63, 3.8) is 0 Å². The van der Waals surface area contributed by atoms with Crippen LogP contribution in [0.25, 0.3) is 0 Å². The molecule has 0 radical (unpaired) electrons. The van der Waals surface area contributed by atoms with Gasteiger partial charge in [-0.05, 0) is 67.6 Å². The number of benzene rings is 3. The maximum atomic E-state index is 14.1. The van der Waals surface area contributed by atoms with E-state index in [2.05, 4.69) is 5.32 Å². The third-order valence-electron chi connectivity index (χ3n) is 7.35. The van der Waals surface area contributed by atoms with Gasteiger partial charge in [0.1, 0.15) is 12.6 Å². The molecule has 1 fully saturated rings. The lowest BCUT2D eigenvalue weighted by Crippen LogP contribution is -2.53. The quantitative estimate of drug-likeness (QED) is 0.314. The molecule has 40 heavy (non-hydrogen) atoms. The van der Waals surface area contributed by atoms with Crippen LogP contribution in [-0.4, -0.2) is 43.8 Å². The first kappa shape index (κ1) is 29.6. The van der Waals surface area contributed by atoms with Crippen LogP contribution in [0.2, 0.25) is 5.02 Å². The van der Waals surface area contributed by atoms with Crippen molar-refractivity contribution in [3.05, 3.63) is 95.0 Å². The molecule has 9 heteroatoms. The Hall–Kier alpha value is -3.36. The van der Waals surface area contributed by atoms with Gasteiger partial charge in [0, 0.05) is 17.6 Å². The van der Waals surface area contributed by atoms with Gasteiger partial charge in [0.05, 0.1) is 10.6 Å². The number of halogens is 1. The predicted octanol–water partition coefficient (Wildman–Crippen LogP) is 5.71. The SMILES string of the molecule is CC[C@H](C(=O)NC1CCCC1)N(Cc1ccccc1)C(=O)CN(c1ccccc1C)S(=O)(=O)c1ccc(Cl)cc1. The van der Waals surface area contributed by atoms with Crippen molar-refractivity contribution in [2.24, 2.45) is 0 Å². The summed E-state index contributed by atoms with van der Waals surface area (Å²) in [5.74, 6) is -0.667. The summed E-state index contributed by atoms with van der Waals surface area (Å²) in [4.78, 5) is 29.2. The van der Waals surface area contributed by atoms with Crippen molar-refractivity contribution in [2.75, 3.05) is 10.8 Å². The van der Waals surface area contributed by atoms with Gasteiger partial charge in [-0.3, -0.25) is 13.9 Å². The zero-order chi connectivity index (χ0) is 28.7. The highest BCUT2D eigenvalue weighted by molar-refractivity contribution is 7.92. The lowest BCUT2D eigenvalue weighted by molar-refractivity contribution is -0.140. The molecule has 212 valence electrons. The van der Waals surface area contributed by atoms with Crippen molar-refractivity contribution < 1.29 is 18.0 Å². The van der Waals surface area contributed by atoms with E-state index in [0.717, 1.165) is 35.6 Å². The van der Waals surface area contributed by atoms with Gasteiger partial charge in [0.15, 0.2) is 0 Å². The molecule has 0 bridgehead atoms. The topological polar surface area (TPSA) is 86.8 Å². The number of rotatable bonds is 11. The van der Waals surface area contributed by atoms with Crippen LogP contribution in [-0.2, 0) is 26.2 Å². The van der Waals surface area contributed by atoms with E-state index in [4.69, 9.17) is 11.6 Å². The first-order chi connectivity index (χ1) is 19.2. The van der Waals surface area contributed by atoms with Crippen LogP contribution in [0, 0.1) is 6.92 Å². The Morgan fingerprint density at radius 2 is 1.57 bits per heavy atom. The average Bonchev–Trinajstić information content (AvgIpc) is 3.46. The largest absolute Gasteiger partial charge is 0.352 e. The number of amides is 2. The molecular weight excluding hydrogens is 546 g/mol. The second-order valence-corrected chi connectivity index (χ2v) is 12.5. The van der Waals surface area contributed by atoms with Gasteiger partial charge in [-0.2, -0.15) is 0 Å². The smallest absolute Gasteiger partial charge is 0.264 e. The molecule has 7 nitrogen and oxygen atoms in total. The highest BCUT2D eigenvalue weighted by Crippen LogP contribution is 2.28. The van der Waals surface area contributed by atoms with Crippen molar-refractivity contribution >= 4 is 39.1 Å². The van der Waals surface area contributed by atoms with Gasteiger partial charge in [0.25, 0.3) is 10.0 Å². The van der Waals surface area contributed by atoms with Crippen LogP contribution in [0.1, 0.15) is 50.2 Å². The standard InChI is InChI=1S/C31H36ClN3O4S/c1-3-28(31(37)33-26-14-8-9-15-26)34(21-24-12-5-4-6-13-24)30(36)22-35(29-16-10-7-11-23(29)2)40(38,39)27-19-17-25(32)18-20-27/h4-7,10-13,16-20,26,28H,3,8-9,14-15,21-22H2,1-2H3,(H,33,37)/t28-/m1/s1. The Balaban J connectivity index is 1.71. The third kappa shape index (κ3) is 7.04. The van der Waals surface area contributed by atoms with Gasteiger partial charge < -0.3 is 10.2 Å². The molecule has 3 aromatic carbocycles. The average molecular weight is 582 g/mol. The number of para-hydroxylation sites is 1. The molecule has 0 spiro atoms. The summed E-state index contributed by atoms with van der Waals surface area (Å²) in [5, 5.41) is 3.54. The fourth-order valence-corrected chi connectivity index (χ4v) is 6.76. The van der Waals surface area contributed by atoms with Crippen LogP contribution in [0.15, 0.2) is 83.8 Å². The summed E-state index contributed by atoms with van der Waals surface area (Å²) in [6, 6.07) is 21.7. The Morgan fingerprint density at radius 1 is 0.950 bits per heavy atom. The van der Waals surface area contributed by atoms with Crippen molar-refractivity contribution in [1.29, 1.82) is 0 Å². The number of nitrogens with one attached hydrogen (secondary N) is 1. The van der Waals surface area contributed by atoms with Crippen molar-refractivity contribution in [3.8, 4) is 0 Å². The van der Waals surface area contributed by atoms with E-state index in [1.807, 2.05) is 43.3 Å². The minimum atomic E-state index is -4.14. The van der Waals surface area contributed by atoms with Gasteiger partial charge in [-0.1, -0.05) is 79.9 Å². The fraction of sp³-hybridized carbons (Fsp3) is 0.355. The minimum Gasteiger partial charge on any atom is -0.352 e. The zero-order valence-electron chi connectivity index (χ0n) is 22.9. The molecule has 0 unspecified atom stereocenters. The van der Waals surface area contributed by atoms with Crippen molar-refractivity contribution in [2.45, 2.75) is 69.5 Å². The Morgan fingerprint density at radius 3 is 2.20 bits per heavy atom. The van der Waals surface area contributed by atoms with Crippen LogP contribution >= 0.6 is 11.6 Å². The third-order valence-corrected chi connectivity index (χ3v) is 9.37. The van der Waals surface area contributed by atoms with E-state index in [0.29, 0.717) is 22.7 Å². The number of sulfonamides is 1. The zero-order valence-corrected chi connectivity index (χ0v) is 24.5. The Bertz CT molecular complexity index is 1410. The van der Waals surface area contributed by atoms with Crippen LogP contribution < -0.4 is 9.62 Å². The van der Waals surface area contributed by atoms with Crippen LogP contribution in [0.4, 0.5) is 5.69 Å².